The number of carbonyl (C=O) groups is 4. The molecule has 0 rings (SSSR count). The maximum absolute atomic E-state index is 13.1. The van der Waals surface area contributed by atoms with Gasteiger partial charge in [0.05, 0.1) is 26.4 Å². The molecule has 0 aliphatic rings. The van der Waals surface area contributed by atoms with Crippen molar-refractivity contribution < 1.29 is 80.2 Å². The van der Waals surface area contributed by atoms with Gasteiger partial charge in [-0.1, -0.05) is 319 Å². The summed E-state index contributed by atoms with van der Waals surface area (Å²) in [6.07, 6.45) is 74.4. The van der Waals surface area contributed by atoms with E-state index < -0.39 is 97.5 Å². The van der Waals surface area contributed by atoms with Crippen molar-refractivity contribution in [3.8, 4) is 0 Å². The Labute approximate surface area is 609 Å². The van der Waals surface area contributed by atoms with Crippen LogP contribution in [0, 0.1) is 0 Å². The van der Waals surface area contributed by atoms with E-state index in [2.05, 4.69) is 101 Å². The second kappa shape index (κ2) is 73.8. The zero-order valence-corrected chi connectivity index (χ0v) is 65.4. The van der Waals surface area contributed by atoms with Crippen LogP contribution in [-0.4, -0.2) is 96.7 Å². The molecule has 19 heteroatoms. The number of hydrogen-bond donors (Lipinski definition) is 3. The third-order valence-corrected chi connectivity index (χ3v) is 19.1. The molecule has 0 aromatic rings. The minimum atomic E-state index is -4.97. The quantitative estimate of drug-likeness (QED) is 0.0169. The molecule has 0 spiro atoms. The lowest BCUT2D eigenvalue weighted by Crippen LogP contribution is -2.30. The van der Waals surface area contributed by atoms with Gasteiger partial charge in [-0.3, -0.25) is 37.3 Å². The third-order valence-electron chi connectivity index (χ3n) is 17.2. The second-order valence-corrected chi connectivity index (χ2v) is 29.9. The highest BCUT2D eigenvalue weighted by Gasteiger charge is 2.30. The lowest BCUT2D eigenvalue weighted by atomic mass is 10.0. The normalized spacial score (nSPS) is 14.3. The minimum Gasteiger partial charge on any atom is -0.462 e. The predicted molar refractivity (Wildman–Crippen MR) is 409 cm³/mol. The Hall–Kier alpha value is -3.50. The van der Waals surface area contributed by atoms with Crippen molar-refractivity contribution in [1.82, 2.24) is 0 Å². The molecule has 5 unspecified atom stereocenters. The van der Waals surface area contributed by atoms with Gasteiger partial charge in [0.1, 0.15) is 19.3 Å². The van der Waals surface area contributed by atoms with Crippen LogP contribution in [0.2, 0.25) is 0 Å². The van der Waals surface area contributed by atoms with Crippen molar-refractivity contribution in [3.63, 3.8) is 0 Å². The Morgan fingerprint density at radius 1 is 0.290 bits per heavy atom. The fourth-order valence-electron chi connectivity index (χ4n) is 11.1. The molecule has 0 aliphatic heterocycles. The SMILES string of the molecule is CC/C=C\C/C=C\C/C=C\CCCCCCCCCC(=O)OCC(COP(=O)(O)OCC(O)COP(=O)(O)OCC(COC(=O)CCCCCCC/C=C\C/C=C\C/C=C\CC)OC(=O)CCCCCCCCCCCCCCC)OC(=O)CCCCCCCCCCCCCCCCC. The molecule has 0 aliphatic carbocycles. The maximum atomic E-state index is 13.1. The van der Waals surface area contributed by atoms with E-state index in [1.54, 1.807) is 0 Å². The Balaban J connectivity index is 5.33. The van der Waals surface area contributed by atoms with Crippen LogP contribution in [0.1, 0.15) is 362 Å². The molecule has 0 fully saturated rings. The fraction of sp³-hybridized carbons (Fsp3) is 0.802. The van der Waals surface area contributed by atoms with Crippen LogP contribution < -0.4 is 0 Å². The van der Waals surface area contributed by atoms with Crippen LogP contribution >= 0.6 is 15.6 Å². The zero-order chi connectivity index (χ0) is 73.2. The summed E-state index contributed by atoms with van der Waals surface area (Å²) in [7, 11) is -9.94. The molecule has 0 saturated carbocycles. The molecular formula is C81H146O17P2. The summed E-state index contributed by atoms with van der Waals surface area (Å²) in [5, 5.41) is 10.6. The molecule has 582 valence electrons. The minimum absolute atomic E-state index is 0.0967. The van der Waals surface area contributed by atoms with Gasteiger partial charge in [0.25, 0.3) is 0 Å². The third kappa shape index (κ3) is 72.8. The van der Waals surface area contributed by atoms with Gasteiger partial charge in [-0.25, -0.2) is 9.13 Å². The van der Waals surface area contributed by atoms with E-state index in [4.69, 9.17) is 37.0 Å². The summed E-state index contributed by atoms with van der Waals surface area (Å²) in [5.74, 6) is -2.17. The van der Waals surface area contributed by atoms with Gasteiger partial charge >= 0.3 is 39.5 Å². The Morgan fingerprint density at radius 2 is 0.520 bits per heavy atom. The van der Waals surface area contributed by atoms with Crippen LogP contribution in [0.5, 0.6) is 0 Å². The number of allylic oxidation sites excluding steroid dienone is 12. The highest BCUT2D eigenvalue weighted by molar-refractivity contribution is 7.47. The van der Waals surface area contributed by atoms with Crippen LogP contribution in [-0.2, 0) is 65.4 Å². The van der Waals surface area contributed by atoms with Crippen molar-refractivity contribution in [3.05, 3.63) is 72.9 Å². The number of aliphatic hydroxyl groups is 1. The van der Waals surface area contributed by atoms with E-state index in [-0.39, 0.29) is 25.7 Å². The lowest BCUT2D eigenvalue weighted by Gasteiger charge is -2.21. The van der Waals surface area contributed by atoms with Gasteiger partial charge in [-0.05, 0) is 89.9 Å². The van der Waals surface area contributed by atoms with Gasteiger partial charge in [-0.15, -0.1) is 0 Å². The highest BCUT2D eigenvalue weighted by Crippen LogP contribution is 2.45. The van der Waals surface area contributed by atoms with Gasteiger partial charge < -0.3 is 33.8 Å². The first-order chi connectivity index (χ1) is 48.7. The van der Waals surface area contributed by atoms with Crippen LogP contribution in [0.3, 0.4) is 0 Å². The van der Waals surface area contributed by atoms with Crippen molar-refractivity contribution in [2.45, 2.75) is 380 Å². The summed E-state index contributed by atoms with van der Waals surface area (Å²) in [4.78, 5) is 73.0. The number of carbonyl (C=O) groups excluding carboxylic acids is 4. The van der Waals surface area contributed by atoms with Crippen molar-refractivity contribution in [2.24, 2.45) is 0 Å². The van der Waals surface area contributed by atoms with Crippen LogP contribution in [0.15, 0.2) is 72.9 Å². The predicted octanol–water partition coefficient (Wildman–Crippen LogP) is 23.2. The summed E-state index contributed by atoms with van der Waals surface area (Å²) >= 11 is 0. The van der Waals surface area contributed by atoms with Gasteiger partial charge in [0, 0.05) is 25.7 Å². The number of hydrogen-bond acceptors (Lipinski definition) is 15. The number of ether oxygens (including phenoxy) is 4. The van der Waals surface area contributed by atoms with Crippen molar-refractivity contribution in [2.75, 3.05) is 39.6 Å². The monoisotopic (exact) mass is 1450 g/mol. The van der Waals surface area contributed by atoms with E-state index in [1.165, 1.54) is 116 Å². The number of phosphoric ester groups is 2. The molecule has 5 atom stereocenters. The molecule has 0 radical (unpaired) electrons. The van der Waals surface area contributed by atoms with Gasteiger partial charge in [0.15, 0.2) is 12.2 Å². The first-order valence-corrected chi connectivity index (χ1v) is 43.2. The summed E-state index contributed by atoms with van der Waals surface area (Å²) in [5.41, 5.74) is 0. The maximum Gasteiger partial charge on any atom is 0.472 e. The number of rotatable bonds is 76. The zero-order valence-electron chi connectivity index (χ0n) is 63.6. The summed E-state index contributed by atoms with van der Waals surface area (Å²) < 4.78 is 68.6. The number of aliphatic hydroxyl groups excluding tert-OH is 1. The Bertz CT molecular complexity index is 2180. The molecule has 3 N–H and O–H groups in total. The molecule has 17 nitrogen and oxygen atoms in total. The van der Waals surface area contributed by atoms with Crippen LogP contribution in [0.4, 0.5) is 0 Å². The van der Waals surface area contributed by atoms with E-state index in [0.29, 0.717) is 25.7 Å². The number of unbranched alkanes of at least 4 members (excludes halogenated alkanes) is 38. The van der Waals surface area contributed by atoms with Gasteiger partial charge in [0.2, 0.25) is 0 Å². The lowest BCUT2D eigenvalue weighted by molar-refractivity contribution is -0.161. The van der Waals surface area contributed by atoms with E-state index in [1.807, 2.05) is 0 Å². The molecule has 0 saturated heterocycles. The molecule has 0 amide bonds. The van der Waals surface area contributed by atoms with Crippen LogP contribution in [0.25, 0.3) is 0 Å². The van der Waals surface area contributed by atoms with Crippen molar-refractivity contribution in [1.29, 1.82) is 0 Å². The summed E-state index contributed by atoms with van der Waals surface area (Å²) in [6.45, 7) is 4.70. The average Bonchev–Trinajstić information content (AvgIpc) is 1.06. The smallest absolute Gasteiger partial charge is 0.462 e. The molecule has 100 heavy (non-hydrogen) atoms. The first kappa shape index (κ1) is 96.5. The van der Waals surface area contributed by atoms with Gasteiger partial charge in [-0.2, -0.15) is 0 Å². The van der Waals surface area contributed by atoms with E-state index >= 15 is 0 Å². The number of phosphoric acid groups is 2. The first-order valence-electron chi connectivity index (χ1n) is 40.2. The topological polar surface area (TPSA) is 237 Å². The molecule has 0 aromatic heterocycles. The highest BCUT2D eigenvalue weighted by atomic mass is 31.2. The molecule has 0 aromatic carbocycles. The number of esters is 4. The molecular weight excluding hydrogens is 1310 g/mol. The molecule has 0 heterocycles. The molecule has 0 bridgehead atoms. The fourth-order valence-corrected chi connectivity index (χ4v) is 12.7. The largest absolute Gasteiger partial charge is 0.472 e. The van der Waals surface area contributed by atoms with E-state index in [9.17, 15) is 43.2 Å². The second-order valence-electron chi connectivity index (χ2n) is 27.0. The Morgan fingerprint density at radius 3 is 0.800 bits per heavy atom. The average molecular weight is 1450 g/mol. The Kier molecular flexibility index (Phi) is 71.2. The van der Waals surface area contributed by atoms with E-state index in [0.717, 1.165) is 167 Å². The standard InChI is InChI=1S/C81H146O17P2/c1-5-9-13-17-21-25-29-33-36-37-40-43-46-50-54-58-62-66-79(84)92-72-77(98-81(86)68-64-60-56-52-48-44-39-35-31-27-23-19-15-11-7-3)74-96-100(89,90)94-70-75(82)69-93-99(87,88)95-73-76(97-80(85)67-63-59-55-51-47-41-32-28-24-20-16-12-8-4)71-91-78(83)65-61-57-53-49-45-42-38-34-30-26-22-18-14-10-6-2/h9-10,13-14,21-22,25-26,33-34,36,38,75-77,82H,5-8,11-12,15-20,23-24,27-32,35,37,39-74H2,1-4H3,(H,87,88)(H,89,90)/b13-9-,14-10-,25-21-,26-22-,36-33-,38-34-. The van der Waals surface area contributed by atoms with Crippen molar-refractivity contribution >= 4 is 39.5 Å². The summed E-state index contributed by atoms with van der Waals surface area (Å²) in [6, 6.07) is 0.